The van der Waals surface area contributed by atoms with Crippen molar-refractivity contribution < 1.29 is 13.2 Å². The summed E-state index contributed by atoms with van der Waals surface area (Å²) in [6.45, 7) is 5.79. The molecule has 2 aromatic carbocycles. The Labute approximate surface area is 143 Å². The van der Waals surface area contributed by atoms with Gasteiger partial charge in [-0.3, -0.25) is 9.52 Å². The van der Waals surface area contributed by atoms with Gasteiger partial charge in [0.25, 0.3) is 15.9 Å². The molecule has 2 rings (SSSR count). The normalized spacial score (nSPS) is 12.5. The number of hydrogen-bond acceptors (Lipinski definition) is 3. The molecule has 0 aliphatic heterocycles. The van der Waals surface area contributed by atoms with E-state index in [9.17, 15) is 13.2 Å². The predicted molar refractivity (Wildman–Crippen MR) is 95.6 cm³/mol. The zero-order valence-corrected chi connectivity index (χ0v) is 14.9. The van der Waals surface area contributed by atoms with Crippen molar-refractivity contribution >= 4 is 21.6 Å². The van der Waals surface area contributed by atoms with Crippen LogP contribution in [0.5, 0.6) is 0 Å². The summed E-state index contributed by atoms with van der Waals surface area (Å²) >= 11 is 0. The Kier molecular flexibility index (Phi) is 5.62. The van der Waals surface area contributed by atoms with Crippen LogP contribution in [-0.4, -0.2) is 20.4 Å². The highest BCUT2D eigenvalue weighted by Gasteiger charge is 2.15. The molecule has 0 saturated heterocycles. The van der Waals surface area contributed by atoms with Crippen molar-refractivity contribution in [1.82, 2.24) is 5.32 Å². The summed E-state index contributed by atoms with van der Waals surface area (Å²) < 4.78 is 27.3. The van der Waals surface area contributed by atoms with E-state index in [-0.39, 0.29) is 16.8 Å². The fourth-order valence-corrected chi connectivity index (χ4v) is 3.11. The van der Waals surface area contributed by atoms with E-state index in [0.29, 0.717) is 11.3 Å². The molecule has 2 N–H and O–H groups in total. The summed E-state index contributed by atoms with van der Waals surface area (Å²) in [6.07, 6.45) is 0.825. The minimum absolute atomic E-state index is 0.0606. The standard InChI is InChI=1S/C18H22N2O3S/c1-4-14(3)19-18(21)15-6-5-7-16(12-15)20-24(22,23)17-10-8-13(2)9-11-17/h5-12,14,20H,4H2,1-3H3,(H,19,21)/t14-/m1/s1. The fraction of sp³-hybridized carbons (Fsp3) is 0.278. The molecule has 1 amide bonds. The highest BCUT2D eigenvalue weighted by atomic mass is 32.2. The molecular formula is C18H22N2O3S. The molecule has 0 aliphatic carbocycles. The largest absolute Gasteiger partial charge is 0.350 e. The van der Waals surface area contributed by atoms with Gasteiger partial charge in [0.1, 0.15) is 0 Å². The Bertz CT molecular complexity index is 814. The molecule has 0 fully saturated rings. The Morgan fingerprint density at radius 2 is 1.79 bits per heavy atom. The van der Waals surface area contributed by atoms with Crippen molar-refractivity contribution in [1.29, 1.82) is 0 Å². The van der Waals surface area contributed by atoms with Crippen LogP contribution in [0.2, 0.25) is 0 Å². The van der Waals surface area contributed by atoms with Crippen molar-refractivity contribution in [3.8, 4) is 0 Å². The van der Waals surface area contributed by atoms with Crippen LogP contribution in [0.15, 0.2) is 53.4 Å². The van der Waals surface area contributed by atoms with E-state index in [4.69, 9.17) is 0 Å². The second-order valence-electron chi connectivity index (χ2n) is 5.78. The number of nitrogens with one attached hydrogen (secondary N) is 2. The second-order valence-corrected chi connectivity index (χ2v) is 7.46. The van der Waals surface area contributed by atoms with Crippen LogP contribution < -0.4 is 10.0 Å². The fourth-order valence-electron chi connectivity index (χ4n) is 2.06. The topological polar surface area (TPSA) is 75.3 Å². The van der Waals surface area contributed by atoms with Crippen molar-refractivity contribution in [3.63, 3.8) is 0 Å². The van der Waals surface area contributed by atoms with E-state index in [2.05, 4.69) is 10.0 Å². The number of sulfonamides is 1. The van der Waals surface area contributed by atoms with Gasteiger partial charge in [-0.1, -0.05) is 30.7 Å². The molecule has 5 nitrogen and oxygen atoms in total. The summed E-state index contributed by atoms with van der Waals surface area (Å²) in [5.74, 6) is -0.222. The quantitative estimate of drug-likeness (QED) is 0.842. The van der Waals surface area contributed by atoms with Crippen LogP contribution in [-0.2, 0) is 10.0 Å². The maximum absolute atomic E-state index is 12.4. The zero-order valence-electron chi connectivity index (χ0n) is 14.0. The Morgan fingerprint density at radius 3 is 2.42 bits per heavy atom. The predicted octanol–water partition coefficient (Wildman–Crippen LogP) is 3.32. The molecule has 6 heteroatoms. The summed E-state index contributed by atoms with van der Waals surface area (Å²) in [7, 11) is -3.68. The molecule has 2 aromatic rings. The van der Waals surface area contributed by atoms with Gasteiger partial charge in [0.05, 0.1) is 4.90 Å². The van der Waals surface area contributed by atoms with Gasteiger partial charge >= 0.3 is 0 Å². The smallest absolute Gasteiger partial charge is 0.261 e. The molecule has 1 atom stereocenters. The first kappa shape index (κ1) is 18.0. The highest BCUT2D eigenvalue weighted by Crippen LogP contribution is 2.18. The first-order valence-electron chi connectivity index (χ1n) is 7.82. The molecule has 128 valence electrons. The zero-order chi connectivity index (χ0) is 17.7. The number of carbonyl (C=O) groups is 1. The van der Waals surface area contributed by atoms with Gasteiger partial charge in [-0.05, 0) is 50.6 Å². The average Bonchev–Trinajstić information content (AvgIpc) is 2.55. The summed E-state index contributed by atoms with van der Waals surface area (Å²) in [4.78, 5) is 12.3. The third kappa shape index (κ3) is 4.58. The molecule has 0 unspecified atom stereocenters. The van der Waals surface area contributed by atoms with Crippen LogP contribution >= 0.6 is 0 Å². The van der Waals surface area contributed by atoms with Gasteiger partial charge in [-0.25, -0.2) is 8.42 Å². The second kappa shape index (κ2) is 7.49. The van der Waals surface area contributed by atoms with Gasteiger partial charge in [0.2, 0.25) is 0 Å². The van der Waals surface area contributed by atoms with E-state index < -0.39 is 10.0 Å². The molecule has 0 radical (unpaired) electrons. The minimum Gasteiger partial charge on any atom is -0.350 e. The van der Waals surface area contributed by atoms with Crippen molar-refractivity contribution in [2.24, 2.45) is 0 Å². The van der Waals surface area contributed by atoms with Gasteiger partial charge in [-0.15, -0.1) is 0 Å². The van der Waals surface area contributed by atoms with Crippen LogP contribution in [0.3, 0.4) is 0 Å². The van der Waals surface area contributed by atoms with Crippen LogP contribution in [0, 0.1) is 6.92 Å². The monoisotopic (exact) mass is 346 g/mol. The van der Waals surface area contributed by atoms with E-state index in [1.54, 1.807) is 42.5 Å². The number of aryl methyl sites for hydroxylation is 1. The lowest BCUT2D eigenvalue weighted by molar-refractivity contribution is 0.0939. The number of rotatable bonds is 6. The van der Waals surface area contributed by atoms with Gasteiger partial charge < -0.3 is 5.32 Å². The maximum atomic E-state index is 12.4. The summed E-state index contributed by atoms with van der Waals surface area (Å²) in [6, 6.07) is 13.1. The van der Waals surface area contributed by atoms with Crippen molar-refractivity contribution in [2.45, 2.75) is 38.1 Å². The lowest BCUT2D eigenvalue weighted by atomic mass is 10.1. The average molecular weight is 346 g/mol. The molecule has 0 heterocycles. The number of amides is 1. The SMILES string of the molecule is CC[C@@H](C)NC(=O)c1cccc(NS(=O)(=O)c2ccc(C)cc2)c1. The van der Waals surface area contributed by atoms with Crippen molar-refractivity contribution in [3.05, 3.63) is 59.7 Å². The van der Waals surface area contributed by atoms with E-state index in [1.165, 1.54) is 6.07 Å². The number of benzene rings is 2. The molecule has 0 saturated carbocycles. The van der Waals surface area contributed by atoms with Crippen LogP contribution in [0.25, 0.3) is 0 Å². The summed E-state index contributed by atoms with van der Waals surface area (Å²) in [5.41, 5.74) is 1.75. The first-order chi connectivity index (χ1) is 11.3. The van der Waals surface area contributed by atoms with Crippen LogP contribution in [0.1, 0.15) is 36.2 Å². The number of hydrogen-bond donors (Lipinski definition) is 2. The third-order valence-corrected chi connectivity index (χ3v) is 5.10. The Hall–Kier alpha value is -2.34. The number of carbonyl (C=O) groups excluding carboxylic acids is 1. The molecule has 0 aromatic heterocycles. The van der Waals surface area contributed by atoms with Gasteiger partial charge in [0, 0.05) is 17.3 Å². The van der Waals surface area contributed by atoms with Gasteiger partial charge in [-0.2, -0.15) is 0 Å². The highest BCUT2D eigenvalue weighted by molar-refractivity contribution is 7.92. The van der Waals surface area contributed by atoms with E-state index in [1.807, 2.05) is 20.8 Å². The number of anilines is 1. The lowest BCUT2D eigenvalue weighted by Gasteiger charge is -2.13. The van der Waals surface area contributed by atoms with Crippen LogP contribution in [0.4, 0.5) is 5.69 Å². The first-order valence-corrected chi connectivity index (χ1v) is 9.30. The Morgan fingerprint density at radius 1 is 1.12 bits per heavy atom. The molecule has 0 spiro atoms. The van der Waals surface area contributed by atoms with Crippen molar-refractivity contribution in [2.75, 3.05) is 4.72 Å². The van der Waals surface area contributed by atoms with E-state index >= 15 is 0 Å². The molecular weight excluding hydrogens is 324 g/mol. The Balaban J connectivity index is 2.19. The lowest BCUT2D eigenvalue weighted by Crippen LogP contribution is -2.31. The maximum Gasteiger partial charge on any atom is 0.261 e. The summed E-state index contributed by atoms with van der Waals surface area (Å²) in [5, 5.41) is 2.86. The molecule has 0 bridgehead atoms. The minimum atomic E-state index is -3.68. The third-order valence-electron chi connectivity index (χ3n) is 3.70. The van der Waals surface area contributed by atoms with E-state index in [0.717, 1.165) is 12.0 Å². The molecule has 0 aliphatic rings. The van der Waals surface area contributed by atoms with Gasteiger partial charge in [0.15, 0.2) is 0 Å². The molecule has 24 heavy (non-hydrogen) atoms.